The van der Waals surface area contributed by atoms with E-state index in [1.165, 1.54) is 9.75 Å². The Labute approximate surface area is 105 Å². The van der Waals surface area contributed by atoms with Gasteiger partial charge < -0.3 is 10.5 Å². The highest BCUT2D eigenvalue weighted by Crippen LogP contribution is 2.16. The molecule has 4 heteroatoms. The summed E-state index contributed by atoms with van der Waals surface area (Å²) in [7, 11) is 0. The molecule has 0 saturated carbocycles. The lowest BCUT2D eigenvalue weighted by molar-refractivity contribution is 0.125. The van der Waals surface area contributed by atoms with Gasteiger partial charge in [0.15, 0.2) is 0 Å². The summed E-state index contributed by atoms with van der Waals surface area (Å²) in [5.74, 6) is 0. The summed E-state index contributed by atoms with van der Waals surface area (Å²) in [6.45, 7) is 1.98. The van der Waals surface area contributed by atoms with Gasteiger partial charge in [0.25, 0.3) is 0 Å². The number of ether oxygens (including phenoxy) is 1. The number of rotatable bonds is 6. The third-order valence-electron chi connectivity index (χ3n) is 2.39. The lowest BCUT2D eigenvalue weighted by Gasteiger charge is -2.02. The Morgan fingerprint density at radius 1 is 1.18 bits per heavy atom. The molecule has 2 aromatic rings. The molecule has 2 aromatic heterocycles. The smallest absolute Gasteiger partial charge is 0.0809 e. The number of nitrogens with zero attached hydrogens (tertiary/aromatic N) is 1. The molecule has 2 N–H and O–H groups in total. The molecule has 2 rings (SSSR count). The molecule has 3 nitrogen and oxygen atoms in total. The Kier molecular flexibility index (Phi) is 4.67. The second-order valence-electron chi connectivity index (χ2n) is 3.70. The van der Waals surface area contributed by atoms with Gasteiger partial charge in [-0.2, -0.15) is 0 Å². The summed E-state index contributed by atoms with van der Waals surface area (Å²) in [5, 5.41) is 0. The van der Waals surface area contributed by atoms with Gasteiger partial charge in [-0.1, -0.05) is 6.07 Å². The van der Waals surface area contributed by atoms with Crippen molar-refractivity contribution in [1.82, 2.24) is 4.98 Å². The average molecular weight is 248 g/mol. The Morgan fingerprint density at radius 3 is 2.76 bits per heavy atom. The number of thiophene rings is 1. The van der Waals surface area contributed by atoms with Crippen molar-refractivity contribution in [1.29, 1.82) is 0 Å². The van der Waals surface area contributed by atoms with E-state index in [0.29, 0.717) is 19.8 Å². The summed E-state index contributed by atoms with van der Waals surface area (Å²) >= 11 is 1.71. The van der Waals surface area contributed by atoms with Crippen molar-refractivity contribution in [3.8, 4) is 0 Å². The van der Waals surface area contributed by atoms with Crippen LogP contribution in [0.5, 0.6) is 0 Å². The molecule has 2 heterocycles. The summed E-state index contributed by atoms with van der Waals surface area (Å²) in [4.78, 5) is 6.68. The van der Waals surface area contributed by atoms with Crippen LogP contribution in [-0.2, 0) is 24.3 Å². The first-order valence-electron chi connectivity index (χ1n) is 5.64. The van der Waals surface area contributed by atoms with Crippen LogP contribution in [0.4, 0.5) is 0 Å². The summed E-state index contributed by atoms with van der Waals surface area (Å²) in [5.41, 5.74) is 6.63. The molecule has 17 heavy (non-hydrogen) atoms. The van der Waals surface area contributed by atoms with Gasteiger partial charge in [0.05, 0.1) is 13.2 Å². The van der Waals surface area contributed by atoms with Gasteiger partial charge in [-0.15, -0.1) is 11.3 Å². The van der Waals surface area contributed by atoms with E-state index in [1.807, 2.05) is 24.4 Å². The number of aromatic nitrogens is 1. The van der Waals surface area contributed by atoms with Crippen LogP contribution in [-0.4, -0.2) is 11.6 Å². The quantitative estimate of drug-likeness (QED) is 0.798. The number of nitrogens with two attached hydrogens (primary N) is 1. The highest BCUT2D eigenvalue weighted by atomic mass is 32.1. The van der Waals surface area contributed by atoms with Crippen LogP contribution < -0.4 is 5.73 Å². The van der Waals surface area contributed by atoms with Crippen molar-refractivity contribution in [2.24, 2.45) is 5.73 Å². The van der Waals surface area contributed by atoms with Crippen LogP contribution in [0.25, 0.3) is 0 Å². The second kappa shape index (κ2) is 6.49. The van der Waals surface area contributed by atoms with Crippen molar-refractivity contribution >= 4 is 11.3 Å². The Balaban J connectivity index is 1.69. The molecular formula is C13H16N2OS. The molecule has 0 bridgehead atoms. The Bertz CT molecular complexity index is 442. The molecule has 90 valence electrons. The van der Waals surface area contributed by atoms with Crippen LogP contribution in [0.3, 0.4) is 0 Å². The Hall–Kier alpha value is -1.23. The summed E-state index contributed by atoms with van der Waals surface area (Å²) in [6, 6.07) is 10.1. The van der Waals surface area contributed by atoms with Crippen LogP contribution >= 0.6 is 11.3 Å². The first-order valence-corrected chi connectivity index (χ1v) is 6.45. The molecule has 0 aliphatic heterocycles. The third-order valence-corrected chi connectivity index (χ3v) is 3.47. The lowest BCUT2D eigenvalue weighted by atomic mass is 10.3. The zero-order valence-corrected chi connectivity index (χ0v) is 10.5. The highest BCUT2D eigenvalue weighted by Gasteiger charge is 1.99. The van der Waals surface area contributed by atoms with Crippen LogP contribution in [0.1, 0.15) is 15.4 Å². The predicted molar refractivity (Wildman–Crippen MR) is 69.8 cm³/mol. The van der Waals surface area contributed by atoms with E-state index >= 15 is 0 Å². The third kappa shape index (κ3) is 3.93. The van der Waals surface area contributed by atoms with E-state index in [2.05, 4.69) is 17.1 Å². The zero-order valence-electron chi connectivity index (χ0n) is 9.63. The molecule has 0 unspecified atom stereocenters. The zero-order chi connectivity index (χ0) is 11.9. The van der Waals surface area contributed by atoms with Gasteiger partial charge in [-0.3, -0.25) is 4.98 Å². The maximum atomic E-state index is 5.61. The topological polar surface area (TPSA) is 48.1 Å². The average Bonchev–Trinajstić information content (AvgIpc) is 2.84. The molecule has 0 fully saturated rings. The van der Waals surface area contributed by atoms with Gasteiger partial charge in [0, 0.05) is 34.6 Å². The van der Waals surface area contributed by atoms with Gasteiger partial charge >= 0.3 is 0 Å². The maximum Gasteiger partial charge on any atom is 0.0809 e. The molecular weight excluding hydrogens is 232 g/mol. The predicted octanol–water partition coefficient (Wildman–Crippen LogP) is 2.36. The number of pyridine rings is 1. The monoisotopic (exact) mass is 248 g/mol. The lowest BCUT2D eigenvalue weighted by Crippen LogP contribution is -1.99. The van der Waals surface area contributed by atoms with E-state index in [0.717, 1.165) is 12.1 Å². The van der Waals surface area contributed by atoms with Crippen LogP contribution in [0, 0.1) is 0 Å². The molecule has 0 aliphatic carbocycles. The van der Waals surface area contributed by atoms with Crippen molar-refractivity contribution < 1.29 is 4.74 Å². The van der Waals surface area contributed by atoms with Gasteiger partial charge in [0.1, 0.15) is 0 Å². The highest BCUT2D eigenvalue weighted by molar-refractivity contribution is 7.11. The van der Waals surface area contributed by atoms with Crippen LogP contribution in [0.15, 0.2) is 36.5 Å². The molecule has 0 radical (unpaired) electrons. The largest absolute Gasteiger partial charge is 0.376 e. The van der Waals surface area contributed by atoms with Crippen molar-refractivity contribution in [2.45, 2.75) is 19.6 Å². The van der Waals surface area contributed by atoms with Gasteiger partial charge in [-0.05, 0) is 24.3 Å². The van der Waals surface area contributed by atoms with Crippen LogP contribution in [0.2, 0.25) is 0 Å². The van der Waals surface area contributed by atoms with Crippen molar-refractivity contribution in [3.63, 3.8) is 0 Å². The van der Waals surface area contributed by atoms with E-state index in [9.17, 15) is 0 Å². The van der Waals surface area contributed by atoms with Gasteiger partial charge in [-0.25, -0.2) is 0 Å². The SMILES string of the molecule is NCc1ccc(COCCc2ccccn2)s1. The maximum absolute atomic E-state index is 5.61. The first-order chi connectivity index (χ1) is 8.38. The normalized spacial score (nSPS) is 10.6. The number of hydrogen-bond acceptors (Lipinski definition) is 4. The first kappa shape index (κ1) is 12.2. The van der Waals surface area contributed by atoms with Crippen molar-refractivity contribution in [3.05, 3.63) is 52.0 Å². The minimum Gasteiger partial charge on any atom is -0.376 e. The number of hydrogen-bond donors (Lipinski definition) is 1. The summed E-state index contributed by atoms with van der Waals surface area (Å²) < 4.78 is 5.61. The minimum atomic E-state index is 0.610. The summed E-state index contributed by atoms with van der Waals surface area (Å²) in [6.07, 6.45) is 2.66. The molecule has 0 spiro atoms. The Morgan fingerprint density at radius 2 is 2.06 bits per heavy atom. The molecule has 0 amide bonds. The van der Waals surface area contributed by atoms with Crippen molar-refractivity contribution in [2.75, 3.05) is 6.61 Å². The molecule has 0 aromatic carbocycles. The second-order valence-corrected chi connectivity index (χ2v) is 4.95. The molecule has 0 saturated heterocycles. The molecule has 0 aliphatic rings. The standard InChI is InChI=1S/C13H16N2OS/c14-9-12-4-5-13(17-12)10-16-8-6-11-3-1-2-7-15-11/h1-5,7H,6,8-10,14H2. The van der Waals surface area contributed by atoms with E-state index in [-0.39, 0.29) is 0 Å². The minimum absolute atomic E-state index is 0.610. The molecule has 0 atom stereocenters. The van der Waals surface area contributed by atoms with E-state index < -0.39 is 0 Å². The van der Waals surface area contributed by atoms with E-state index in [1.54, 1.807) is 11.3 Å². The van der Waals surface area contributed by atoms with Gasteiger partial charge in [0.2, 0.25) is 0 Å². The fraction of sp³-hybridized carbons (Fsp3) is 0.308. The fourth-order valence-electron chi connectivity index (χ4n) is 1.51. The fourth-order valence-corrected chi connectivity index (χ4v) is 2.34. The van der Waals surface area contributed by atoms with E-state index in [4.69, 9.17) is 10.5 Å².